The first-order chi connectivity index (χ1) is 13.3. The molecule has 3 N–H and O–H groups in total. The topological polar surface area (TPSA) is 90.1 Å². The summed E-state index contributed by atoms with van der Waals surface area (Å²) in [5.74, 6) is 1.81. The molecular weight excluding hydrogens is 354 g/mol. The molecule has 28 heavy (non-hydrogen) atoms. The first kappa shape index (κ1) is 19.0. The quantitative estimate of drug-likeness (QED) is 0.691. The average molecular weight is 390 g/mol. The number of aliphatic hydroxyl groups is 2. The third-order valence-corrected chi connectivity index (χ3v) is 9.90. The van der Waals surface area contributed by atoms with Gasteiger partial charge in [0.1, 0.15) is 0 Å². The van der Waals surface area contributed by atoms with Crippen LogP contribution in [0.4, 0.5) is 0 Å². The van der Waals surface area contributed by atoms with Crippen molar-refractivity contribution in [2.24, 2.45) is 45.9 Å². The van der Waals surface area contributed by atoms with Gasteiger partial charge in [-0.05, 0) is 98.7 Å². The summed E-state index contributed by atoms with van der Waals surface area (Å²) in [7, 11) is 0. The van der Waals surface area contributed by atoms with Crippen molar-refractivity contribution in [3.8, 4) is 0 Å². The molecule has 0 saturated heterocycles. The summed E-state index contributed by atoms with van der Waals surface area (Å²) in [6.45, 7) is 2.44. The zero-order valence-electron chi connectivity index (χ0n) is 17.0. The number of carbonyl (C=O) groups is 1. The van der Waals surface area contributed by atoms with E-state index in [0.29, 0.717) is 41.9 Å². The van der Waals surface area contributed by atoms with Crippen LogP contribution >= 0.6 is 0 Å². The van der Waals surface area contributed by atoms with Gasteiger partial charge in [0.25, 0.3) is 0 Å². The highest BCUT2D eigenvalue weighted by Crippen LogP contribution is 2.67. The molecule has 0 aromatic carbocycles. The van der Waals surface area contributed by atoms with Crippen molar-refractivity contribution in [2.45, 2.75) is 88.9 Å². The predicted molar refractivity (Wildman–Crippen MR) is 106 cm³/mol. The highest BCUT2D eigenvalue weighted by molar-refractivity contribution is 5.70. The van der Waals surface area contributed by atoms with Gasteiger partial charge < -0.3 is 15.3 Å². The fourth-order valence-corrected chi connectivity index (χ4v) is 8.64. The molecule has 156 valence electrons. The van der Waals surface area contributed by atoms with E-state index in [1.165, 1.54) is 0 Å². The first-order valence-corrected chi connectivity index (χ1v) is 11.5. The summed E-state index contributed by atoms with van der Waals surface area (Å²) in [6.07, 6.45) is 10.7. The van der Waals surface area contributed by atoms with Crippen LogP contribution in [-0.2, 0) is 4.79 Å². The Morgan fingerprint density at radius 3 is 2.64 bits per heavy atom. The number of hydrogen-bond acceptors (Lipinski definition) is 4. The Labute approximate surface area is 167 Å². The summed E-state index contributed by atoms with van der Waals surface area (Å²) >= 11 is 0. The summed E-state index contributed by atoms with van der Waals surface area (Å²) in [5, 5.41) is 30.5. The van der Waals surface area contributed by atoms with Gasteiger partial charge in [-0.15, -0.1) is 0 Å². The number of carboxylic acid groups (broad SMARTS) is 1. The molecule has 1 spiro atoms. The van der Waals surface area contributed by atoms with Gasteiger partial charge in [-0.3, -0.25) is 9.79 Å². The Morgan fingerprint density at radius 2 is 1.86 bits per heavy atom. The number of rotatable bonds is 3. The molecule has 0 radical (unpaired) electrons. The van der Waals surface area contributed by atoms with Crippen LogP contribution in [0.5, 0.6) is 0 Å². The average Bonchev–Trinajstić information content (AvgIpc) is 3.18. The molecule has 4 aliphatic carbocycles. The maximum atomic E-state index is 11.2. The standard InChI is InChI=1S/C23H35NO4/c1-22-8-6-15(25)10-14(22)11-19(26)21-17(22)7-9-23-16(3-4-18(21)23)13(12-24-23)2-5-20(27)28/h12-19,21,25-26H,2-11H2,1H3,(H,27,28)/t13-,14?,15+,16?,17-,18-,19+,21?,22?,23?/m0/s1. The molecule has 0 bridgehead atoms. The zero-order chi connectivity index (χ0) is 19.7. The summed E-state index contributed by atoms with van der Waals surface area (Å²) < 4.78 is 0. The van der Waals surface area contributed by atoms with Crippen molar-refractivity contribution < 1.29 is 20.1 Å². The molecule has 5 nitrogen and oxygen atoms in total. The Bertz CT molecular complexity index is 680. The Hall–Kier alpha value is -0.940. The number of nitrogens with zero attached hydrogens (tertiary/aromatic N) is 1. The minimum Gasteiger partial charge on any atom is -0.481 e. The van der Waals surface area contributed by atoms with Gasteiger partial charge in [-0.1, -0.05) is 6.92 Å². The van der Waals surface area contributed by atoms with E-state index in [1.54, 1.807) is 0 Å². The van der Waals surface area contributed by atoms with Gasteiger partial charge in [0.2, 0.25) is 0 Å². The van der Waals surface area contributed by atoms with Crippen molar-refractivity contribution in [2.75, 3.05) is 0 Å². The SMILES string of the molecule is CC12CC[C@@H](O)CC1C[C@@H](O)C1[C@@H]2CCC23N=C[C@H](CCC(=O)O)C2CC[C@@H]13. The van der Waals surface area contributed by atoms with E-state index in [9.17, 15) is 15.0 Å². The summed E-state index contributed by atoms with van der Waals surface area (Å²) in [4.78, 5) is 16.2. The largest absolute Gasteiger partial charge is 0.481 e. The van der Waals surface area contributed by atoms with Crippen LogP contribution in [0, 0.1) is 40.9 Å². The highest BCUT2D eigenvalue weighted by atomic mass is 16.4. The van der Waals surface area contributed by atoms with Crippen LogP contribution in [0.15, 0.2) is 4.99 Å². The lowest BCUT2D eigenvalue weighted by molar-refractivity contribution is -0.160. The molecule has 1 heterocycles. The molecule has 1 aliphatic heterocycles. The minimum atomic E-state index is -0.714. The Morgan fingerprint density at radius 1 is 1.07 bits per heavy atom. The van der Waals surface area contributed by atoms with Crippen molar-refractivity contribution in [3.05, 3.63) is 0 Å². The second-order valence-corrected chi connectivity index (χ2v) is 10.8. The highest BCUT2D eigenvalue weighted by Gasteiger charge is 2.65. The second-order valence-electron chi connectivity index (χ2n) is 10.8. The van der Waals surface area contributed by atoms with E-state index in [1.807, 2.05) is 0 Å². The van der Waals surface area contributed by atoms with E-state index in [0.717, 1.165) is 51.4 Å². The van der Waals surface area contributed by atoms with E-state index in [2.05, 4.69) is 13.1 Å². The normalized spacial score (nSPS) is 54.5. The smallest absolute Gasteiger partial charge is 0.303 e. The first-order valence-electron chi connectivity index (χ1n) is 11.5. The lowest BCUT2D eigenvalue weighted by Crippen LogP contribution is -2.60. The van der Waals surface area contributed by atoms with E-state index in [4.69, 9.17) is 10.1 Å². The Balaban J connectivity index is 1.40. The number of hydrogen-bond donors (Lipinski definition) is 3. The Kier molecular flexibility index (Phi) is 4.44. The molecule has 5 rings (SSSR count). The van der Waals surface area contributed by atoms with Crippen LogP contribution in [0.3, 0.4) is 0 Å². The molecule has 0 amide bonds. The maximum Gasteiger partial charge on any atom is 0.303 e. The van der Waals surface area contributed by atoms with E-state index in [-0.39, 0.29) is 29.6 Å². The molecule has 4 saturated carbocycles. The van der Waals surface area contributed by atoms with Gasteiger partial charge in [-0.2, -0.15) is 0 Å². The van der Waals surface area contributed by atoms with Gasteiger partial charge in [0.05, 0.1) is 17.7 Å². The van der Waals surface area contributed by atoms with Crippen molar-refractivity contribution in [3.63, 3.8) is 0 Å². The third kappa shape index (κ3) is 2.57. The van der Waals surface area contributed by atoms with Gasteiger partial charge in [0, 0.05) is 12.6 Å². The molecular formula is C23H35NO4. The van der Waals surface area contributed by atoms with Gasteiger partial charge in [-0.25, -0.2) is 0 Å². The van der Waals surface area contributed by atoms with Gasteiger partial charge >= 0.3 is 5.97 Å². The molecule has 5 unspecified atom stereocenters. The number of fused-ring (bicyclic) bond motifs is 4. The molecule has 0 aromatic heterocycles. The van der Waals surface area contributed by atoms with Crippen LogP contribution < -0.4 is 0 Å². The van der Waals surface area contributed by atoms with Crippen LogP contribution in [0.1, 0.15) is 71.1 Å². The van der Waals surface area contributed by atoms with Crippen molar-refractivity contribution in [1.82, 2.24) is 0 Å². The van der Waals surface area contributed by atoms with Crippen LogP contribution in [-0.4, -0.2) is 45.3 Å². The lowest BCUT2D eigenvalue weighted by atomic mass is 9.45. The van der Waals surface area contributed by atoms with E-state index < -0.39 is 5.97 Å². The summed E-state index contributed by atoms with van der Waals surface area (Å²) in [5.41, 5.74) is 0.205. The van der Waals surface area contributed by atoms with Crippen molar-refractivity contribution >= 4 is 12.2 Å². The number of aliphatic carboxylic acids is 1. The molecule has 5 aliphatic rings. The monoisotopic (exact) mass is 389 g/mol. The number of aliphatic hydroxyl groups excluding tert-OH is 2. The minimum absolute atomic E-state index is 0.0390. The molecule has 10 atom stereocenters. The predicted octanol–water partition coefficient (Wildman–Crippen LogP) is 3.27. The fraction of sp³-hybridized carbons (Fsp3) is 0.913. The van der Waals surface area contributed by atoms with Gasteiger partial charge in [0.15, 0.2) is 0 Å². The molecule has 0 aromatic rings. The maximum absolute atomic E-state index is 11.2. The fourth-order valence-electron chi connectivity index (χ4n) is 8.64. The second kappa shape index (κ2) is 6.53. The van der Waals surface area contributed by atoms with Crippen LogP contribution in [0.25, 0.3) is 0 Å². The molecule has 5 heteroatoms. The van der Waals surface area contributed by atoms with Crippen LogP contribution in [0.2, 0.25) is 0 Å². The zero-order valence-corrected chi connectivity index (χ0v) is 17.0. The molecule has 4 fully saturated rings. The third-order valence-electron chi connectivity index (χ3n) is 9.90. The number of aliphatic imine (C=N–C) groups is 1. The lowest BCUT2D eigenvalue weighted by Gasteiger charge is -2.61. The van der Waals surface area contributed by atoms with Crippen molar-refractivity contribution in [1.29, 1.82) is 0 Å². The number of carboxylic acids is 1. The van der Waals surface area contributed by atoms with E-state index >= 15 is 0 Å². The summed E-state index contributed by atoms with van der Waals surface area (Å²) in [6, 6.07) is 0.